The highest BCUT2D eigenvalue weighted by molar-refractivity contribution is 7.92. The standard InChI is InChI=1S/C27H30FN5O4S/c1-6-16-12-24(35)19(28)13-18(16)20-14-21-25(26(32-31-21)23(34)7-2)27(30-20)29-15(3)17-10-8-9-11-22(17)33(4)38(5,36)37/h8-15,35H,6-7H2,1-5H3,(H,29,30)(H,31,32)/t15-/m0/s1. The number of aromatic hydroxyl groups is 1. The molecule has 0 unspecified atom stereocenters. The van der Waals surface area contributed by atoms with Crippen LogP contribution in [0.3, 0.4) is 0 Å². The maximum atomic E-state index is 14.4. The van der Waals surface area contributed by atoms with Crippen LogP contribution in [0.4, 0.5) is 15.9 Å². The number of nitrogens with zero attached hydrogens (tertiary/aromatic N) is 3. The van der Waals surface area contributed by atoms with E-state index in [2.05, 4.69) is 15.5 Å². The second-order valence-corrected chi connectivity index (χ2v) is 11.1. The summed E-state index contributed by atoms with van der Waals surface area (Å²) >= 11 is 0. The van der Waals surface area contributed by atoms with Crippen LogP contribution in [0, 0.1) is 5.82 Å². The molecule has 9 nitrogen and oxygen atoms in total. The van der Waals surface area contributed by atoms with Gasteiger partial charge >= 0.3 is 0 Å². The summed E-state index contributed by atoms with van der Waals surface area (Å²) in [4.78, 5) is 17.5. The molecule has 0 aliphatic rings. The van der Waals surface area contributed by atoms with E-state index in [0.717, 1.165) is 6.26 Å². The lowest BCUT2D eigenvalue weighted by Gasteiger charge is -2.24. The lowest BCUT2D eigenvalue weighted by atomic mass is 10.00. The molecule has 0 amide bonds. The van der Waals surface area contributed by atoms with Crippen molar-refractivity contribution in [1.82, 2.24) is 15.2 Å². The van der Waals surface area contributed by atoms with Crippen LogP contribution in [-0.4, -0.2) is 47.8 Å². The van der Waals surface area contributed by atoms with Gasteiger partial charge in [0.15, 0.2) is 17.3 Å². The third kappa shape index (κ3) is 5.06. The van der Waals surface area contributed by atoms with E-state index in [1.54, 1.807) is 25.1 Å². The number of aromatic nitrogens is 3. The number of para-hydroxylation sites is 1. The van der Waals surface area contributed by atoms with Gasteiger partial charge in [0, 0.05) is 19.0 Å². The maximum absolute atomic E-state index is 14.4. The fraction of sp³-hybridized carbons (Fsp3) is 0.296. The molecule has 0 radical (unpaired) electrons. The van der Waals surface area contributed by atoms with E-state index in [1.165, 1.54) is 23.5 Å². The van der Waals surface area contributed by atoms with Crippen molar-refractivity contribution in [2.24, 2.45) is 0 Å². The Kier molecular flexibility index (Phi) is 7.41. The van der Waals surface area contributed by atoms with Crippen LogP contribution in [0.1, 0.15) is 54.8 Å². The zero-order chi connectivity index (χ0) is 27.8. The number of halogens is 1. The van der Waals surface area contributed by atoms with Crippen molar-refractivity contribution >= 4 is 38.2 Å². The quantitative estimate of drug-likeness (QED) is 0.250. The van der Waals surface area contributed by atoms with Gasteiger partial charge in [-0.15, -0.1) is 0 Å². The highest BCUT2D eigenvalue weighted by Crippen LogP contribution is 2.36. The summed E-state index contributed by atoms with van der Waals surface area (Å²) in [5, 5.41) is 20.8. The number of Topliss-reactive ketones (excluding diaryl/α,β-unsaturated/α-hetero) is 1. The number of phenolic OH excluding ortho intramolecular Hbond substituents is 1. The first-order valence-corrected chi connectivity index (χ1v) is 14.0. The molecule has 0 saturated heterocycles. The number of ketones is 1. The van der Waals surface area contributed by atoms with Crippen LogP contribution in [0.25, 0.3) is 22.2 Å². The van der Waals surface area contributed by atoms with Crippen molar-refractivity contribution in [2.75, 3.05) is 22.9 Å². The molecule has 3 N–H and O–H groups in total. The van der Waals surface area contributed by atoms with E-state index in [4.69, 9.17) is 4.98 Å². The zero-order valence-electron chi connectivity index (χ0n) is 21.8. The lowest BCUT2D eigenvalue weighted by Crippen LogP contribution is -2.26. The first-order valence-electron chi connectivity index (χ1n) is 12.2. The second kappa shape index (κ2) is 10.4. The fourth-order valence-electron chi connectivity index (χ4n) is 4.39. The van der Waals surface area contributed by atoms with Gasteiger partial charge in [-0.2, -0.15) is 5.10 Å². The number of pyridine rings is 1. The summed E-state index contributed by atoms with van der Waals surface area (Å²) in [5.41, 5.74) is 3.55. The number of rotatable bonds is 9. The zero-order valence-corrected chi connectivity index (χ0v) is 22.6. The van der Waals surface area contributed by atoms with E-state index in [9.17, 15) is 22.7 Å². The molecular weight excluding hydrogens is 509 g/mol. The predicted octanol–water partition coefficient (Wildman–Crippen LogP) is 5.19. The van der Waals surface area contributed by atoms with Crippen LogP contribution >= 0.6 is 0 Å². The Morgan fingerprint density at radius 1 is 1.21 bits per heavy atom. The van der Waals surface area contributed by atoms with Gasteiger partial charge in [0.1, 0.15) is 11.5 Å². The molecule has 0 aliphatic carbocycles. The maximum Gasteiger partial charge on any atom is 0.232 e. The van der Waals surface area contributed by atoms with Crippen molar-refractivity contribution in [3.05, 3.63) is 65.1 Å². The van der Waals surface area contributed by atoms with E-state index in [0.29, 0.717) is 51.2 Å². The van der Waals surface area contributed by atoms with E-state index in [-0.39, 0.29) is 17.9 Å². The number of H-pyrrole nitrogens is 1. The number of hydrogen-bond donors (Lipinski definition) is 3. The molecule has 0 spiro atoms. The van der Waals surface area contributed by atoms with Gasteiger partial charge in [-0.1, -0.05) is 32.0 Å². The van der Waals surface area contributed by atoms with Gasteiger partial charge < -0.3 is 10.4 Å². The number of nitrogens with one attached hydrogen (secondary N) is 2. The molecule has 2 aromatic carbocycles. The lowest BCUT2D eigenvalue weighted by molar-refractivity contribution is 0.0985. The molecule has 2 aromatic heterocycles. The molecule has 200 valence electrons. The molecule has 11 heteroatoms. The molecule has 2 heterocycles. The molecule has 0 fully saturated rings. The van der Waals surface area contributed by atoms with Gasteiger partial charge in [0.05, 0.1) is 34.6 Å². The summed E-state index contributed by atoms with van der Waals surface area (Å²) in [7, 11) is -2.03. The first-order chi connectivity index (χ1) is 18.0. The highest BCUT2D eigenvalue weighted by atomic mass is 32.2. The SMILES string of the molecule is CCC(=O)c1n[nH]c2cc(-c3cc(F)c(O)cc3CC)nc(N[C@@H](C)c3ccccc3N(C)S(C)(=O)=O)c12. The van der Waals surface area contributed by atoms with E-state index in [1.807, 2.05) is 26.0 Å². The summed E-state index contributed by atoms with van der Waals surface area (Å²) < 4.78 is 40.1. The molecule has 0 aliphatic heterocycles. The first kappa shape index (κ1) is 27.1. The third-order valence-corrected chi connectivity index (χ3v) is 7.74. The molecule has 1 atom stereocenters. The largest absolute Gasteiger partial charge is 0.505 e. The molecule has 0 saturated carbocycles. The van der Waals surface area contributed by atoms with Gasteiger partial charge in [0.2, 0.25) is 10.0 Å². The number of sulfonamides is 1. The van der Waals surface area contributed by atoms with E-state index >= 15 is 0 Å². The summed E-state index contributed by atoms with van der Waals surface area (Å²) in [6.07, 6.45) is 1.89. The van der Waals surface area contributed by atoms with Crippen molar-refractivity contribution in [3.8, 4) is 17.0 Å². The molecule has 4 aromatic rings. The van der Waals surface area contributed by atoms with Crippen molar-refractivity contribution in [3.63, 3.8) is 0 Å². The monoisotopic (exact) mass is 539 g/mol. The Morgan fingerprint density at radius 2 is 1.92 bits per heavy atom. The minimum absolute atomic E-state index is 0.177. The number of anilines is 2. The summed E-state index contributed by atoms with van der Waals surface area (Å²) in [6.45, 7) is 5.48. The minimum atomic E-state index is -3.52. The van der Waals surface area contributed by atoms with Crippen LogP contribution in [0.5, 0.6) is 5.75 Å². The van der Waals surface area contributed by atoms with Crippen LogP contribution < -0.4 is 9.62 Å². The Bertz CT molecular complexity index is 1630. The number of aromatic amines is 1. The third-order valence-electron chi connectivity index (χ3n) is 6.55. The predicted molar refractivity (Wildman–Crippen MR) is 147 cm³/mol. The van der Waals surface area contributed by atoms with Gasteiger partial charge in [-0.05, 0) is 48.7 Å². The fourth-order valence-corrected chi connectivity index (χ4v) is 4.92. The molecule has 4 rings (SSSR count). The van der Waals surface area contributed by atoms with Crippen LogP contribution in [0.2, 0.25) is 0 Å². The molecule has 0 bridgehead atoms. The van der Waals surface area contributed by atoms with Crippen molar-refractivity contribution in [2.45, 2.75) is 39.7 Å². The number of phenols is 1. The summed E-state index contributed by atoms with van der Waals surface area (Å²) in [5.74, 6) is -1.06. The smallest absolute Gasteiger partial charge is 0.232 e. The number of benzene rings is 2. The average molecular weight is 540 g/mol. The molecular formula is C27H30FN5O4S. The van der Waals surface area contributed by atoms with Gasteiger partial charge in [0.25, 0.3) is 0 Å². The Balaban J connectivity index is 1.90. The van der Waals surface area contributed by atoms with Gasteiger partial charge in [-0.25, -0.2) is 17.8 Å². The van der Waals surface area contributed by atoms with Crippen molar-refractivity contribution < 1.29 is 22.7 Å². The van der Waals surface area contributed by atoms with Gasteiger partial charge in [-0.3, -0.25) is 14.2 Å². The van der Waals surface area contributed by atoms with Crippen LogP contribution in [0.15, 0.2) is 42.5 Å². The number of carbonyl (C=O) groups is 1. The topological polar surface area (TPSA) is 128 Å². The summed E-state index contributed by atoms with van der Waals surface area (Å²) in [6, 6.07) is 11.0. The number of carbonyl (C=O) groups excluding carboxylic acids is 1. The second-order valence-electron chi connectivity index (χ2n) is 9.10. The average Bonchev–Trinajstić information content (AvgIpc) is 3.33. The molecule has 38 heavy (non-hydrogen) atoms. The number of fused-ring (bicyclic) bond motifs is 1. The Labute approximate surface area is 220 Å². The normalized spacial score (nSPS) is 12.5. The minimum Gasteiger partial charge on any atom is -0.505 e. The Morgan fingerprint density at radius 3 is 2.58 bits per heavy atom. The number of aryl methyl sites for hydroxylation is 1. The Hall–Kier alpha value is -3.99. The van der Waals surface area contributed by atoms with E-state index < -0.39 is 27.6 Å². The highest BCUT2D eigenvalue weighted by Gasteiger charge is 2.23. The van der Waals surface area contributed by atoms with Crippen molar-refractivity contribution in [1.29, 1.82) is 0 Å². The number of hydrogen-bond acceptors (Lipinski definition) is 7. The van der Waals surface area contributed by atoms with Crippen LogP contribution in [-0.2, 0) is 16.4 Å².